The van der Waals surface area contributed by atoms with Crippen molar-refractivity contribution in [2.75, 3.05) is 19.6 Å². The molecule has 1 aliphatic rings. The fourth-order valence-electron chi connectivity index (χ4n) is 2.20. The molecule has 1 N–H and O–H groups in total. The summed E-state index contributed by atoms with van der Waals surface area (Å²) in [6.07, 6.45) is 7.04. The van der Waals surface area contributed by atoms with Crippen LogP contribution >= 0.6 is 0 Å². The lowest BCUT2D eigenvalue weighted by atomic mass is 10.1. The maximum absolute atomic E-state index is 11.5. The van der Waals surface area contributed by atoms with Crippen LogP contribution in [0.1, 0.15) is 58.8 Å². The number of likely N-dealkylation sites (tertiary alicyclic amines) is 1. The Labute approximate surface area is 111 Å². The maximum Gasteiger partial charge on any atom is 0.240 e. The SMILES string of the molecule is CCCCCC(=O)NN=C1CCN(CCC)CC1. The minimum atomic E-state index is 0.0620. The zero-order valence-electron chi connectivity index (χ0n) is 11.9. The van der Waals surface area contributed by atoms with Gasteiger partial charge in [-0.05, 0) is 19.4 Å². The van der Waals surface area contributed by atoms with E-state index in [4.69, 9.17) is 0 Å². The van der Waals surface area contributed by atoms with Crippen LogP contribution in [0.4, 0.5) is 0 Å². The monoisotopic (exact) mass is 253 g/mol. The highest BCUT2D eigenvalue weighted by molar-refractivity contribution is 5.87. The minimum Gasteiger partial charge on any atom is -0.303 e. The minimum absolute atomic E-state index is 0.0620. The van der Waals surface area contributed by atoms with E-state index < -0.39 is 0 Å². The lowest BCUT2D eigenvalue weighted by molar-refractivity contribution is -0.121. The molecule has 0 bridgehead atoms. The van der Waals surface area contributed by atoms with E-state index in [1.54, 1.807) is 0 Å². The molecule has 1 amide bonds. The average molecular weight is 253 g/mol. The van der Waals surface area contributed by atoms with Crippen molar-refractivity contribution in [1.82, 2.24) is 10.3 Å². The van der Waals surface area contributed by atoms with Crippen molar-refractivity contribution in [3.05, 3.63) is 0 Å². The molecule has 4 nitrogen and oxygen atoms in total. The van der Waals surface area contributed by atoms with Crippen LogP contribution in [0.15, 0.2) is 5.10 Å². The van der Waals surface area contributed by atoms with Crippen LogP contribution in [0.25, 0.3) is 0 Å². The quantitative estimate of drug-likeness (QED) is 0.560. The number of hydrogen-bond acceptors (Lipinski definition) is 3. The lowest BCUT2D eigenvalue weighted by Gasteiger charge is -2.26. The molecule has 0 unspecified atom stereocenters. The second kappa shape index (κ2) is 9.09. The average Bonchev–Trinajstić information content (AvgIpc) is 2.39. The standard InChI is InChI=1S/C14H27N3O/c1-3-5-6-7-14(18)16-15-13-8-11-17(10-4-2)12-9-13/h3-12H2,1-2H3,(H,16,18). The van der Waals surface area contributed by atoms with Crippen LogP contribution in [0.5, 0.6) is 0 Å². The van der Waals surface area contributed by atoms with Gasteiger partial charge in [-0.15, -0.1) is 0 Å². The van der Waals surface area contributed by atoms with Gasteiger partial charge in [-0.2, -0.15) is 5.10 Å². The molecule has 0 aromatic rings. The fraction of sp³-hybridized carbons (Fsp3) is 0.857. The van der Waals surface area contributed by atoms with Gasteiger partial charge in [0.05, 0.1) is 0 Å². The first-order valence-corrected chi connectivity index (χ1v) is 7.32. The molecule has 1 rings (SSSR count). The molecule has 0 atom stereocenters. The number of nitrogens with one attached hydrogen (secondary N) is 1. The van der Waals surface area contributed by atoms with Crippen LogP contribution in [0.2, 0.25) is 0 Å². The van der Waals surface area contributed by atoms with E-state index in [1.165, 1.54) is 13.0 Å². The lowest BCUT2D eigenvalue weighted by Crippen LogP contribution is -2.35. The summed E-state index contributed by atoms with van der Waals surface area (Å²) in [4.78, 5) is 14.0. The van der Waals surface area contributed by atoms with Crippen molar-refractivity contribution in [2.24, 2.45) is 5.10 Å². The Bertz CT molecular complexity index is 266. The normalized spacial score (nSPS) is 16.7. The molecule has 0 spiro atoms. The number of hydrogen-bond donors (Lipinski definition) is 1. The van der Waals surface area contributed by atoms with Crippen molar-refractivity contribution in [2.45, 2.75) is 58.8 Å². The van der Waals surface area contributed by atoms with Gasteiger partial charge in [-0.25, -0.2) is 5.43 Å². The Kier molecular flexibility index (Phi) is 7.65. The number of hydrazone groups is 1. The third-order valence-electron chi connectivity index (χ3n) is 3.32. The number of carbonyl (C=O) groups is 1. The van der Waals surface area contributed by atoms with Crippen LogP contribution in [0, 0.1) is 0 Å². The summed E-state index contributed by atoms with van der Waals surface area (Å²) < 4.78 is 0. The van der Waals surface area contributed by atoms with E-state index in [0.29, 0.717) is 6.42 Å². The Morgan fingerprint density at radius 2 is 1.94 bits per heavy atom. The summed E-state index contributed by atoms with van der Waals surface area (Å²) in [5, 5.41) is 4.25. The molecular formula is C14H27N3O. The van der Waals surface area contributed by atoms with Gasteiger partial charge in [0.1, 0.15) is 0 Å². The van der Waals surface area contributed by atoms with Gasteiger partial charge in [-0.3, -0.25) is 4.79 Å². The van der Waals surface area contributed by atoms with Gasteiger partial charge < -0.3 is 4.90 Å². The van der Waals surface area contributed by atoms with Crippen molar-refractivity contribution >= 4 is 11.6 Å². The summed E-state index contributed by atoms with van der Waals surface area (Å²) in [7, 11) is 0. The third-order valence-corrected chi connectivity index (χ3v) is 3.32. The number of amides is 1. The van der Waals surface area contributed by atoms with E-state index in [0.717, 1.165) is 50.9 Å². The smallest absolute Gasteiger partial charge is 0.240 e. The molecule has 1 saturated heterocycles. The first-order valence-electron chi connectivity index (χ1n) is 7.32. The summed E-state index contributed by atoms with van der Waals surface area (Å²) in [5.74, 6) is 0.0620. The van der Waals surface area contributed by atoms with Gasteiger partial charge in [0.15, 0.2) is 0 Å². The molecule has 0 aliphatic carbocycles. The highest BCUT2D eigenvalue weighted by Crippen LogP contribution is 2.07. The van der Waals surface area contributed by atoms with Crippen LogP contribution in [-0.2, 0) is 4.79 Å². The summed E-state index contributed by atoms with van der Waals surface area (Å²) in [6.45, 7) is 7.69. The third kappa shape index (κ3) is 6.15. The molecule has 0 saturated carbocycles. The topological polar surface area (TPSA) is 44.7 Å². The highest BCUT2D eigenvalue weighted by Gasteiger charge is 2.14. The molecule has 104 valence electrons. The van der Waals surface area contributed by atoms with Crippen molar-refractivity contribution < 1.29 is 4.79 Å². The Morgan fingerprint density at radius 1 is 1.22 bits per heavy atom. The number of unbranched alkanes of at least 4 members (excludes halogenated alkanes) is 2. The van der Waals surface area contributed by atoms with Crippen LogP contribution in [-0.4, -0.2) is 36.2 Å². The Morgan fingerprint density at radius 3 is 2.56 bits per heavy atom. The molecule has 1 fully saturated rings. The van der Waals surface area contributed by atoms with Gasteiger partial charge in [-0.1, -0.05) is 26.7 Å². The number of rotatable bonds is 7. The molecule has 0 aromatic heterocycles. The fourth-order valence-corrected chi connectivity index (χ4v) is 2.20. The molecule has 0 aromatic carbocycles. The van der Waals surface area contributed by atoms with E-state index in [2.05, 4.69) is 29.3 Å². The van der Waals surface area contributed by atoms with Gasteiger partial charge in [0, 0.05) is 38.1 Å². The van der Waals surface area contributed by atoms with E-state index in [9.17, 15) is 4.79 Å². The van der Waals surface area contributed by atoms with Crippen molar-refractivity contribution in [3.63, 3.8) is 0 Å². The summed E-state index contributed by atoms with van der Waals surface area (Å²) in [6, 6.07) is 0. The molecule has 0 radical (unpaired) electrons. The maximum atomic E-state index is 11.5. The van der Waals surface area contributed by atoms with Crippen molar-refractivity contribution in [3.8, 4) is 0 Å². The summed E-state index contributed by atoms with van der Waals surface area (Å²) in [5.41, 5.74) is 3.83. The molecule has 1 heterocycles. The largest absolute Gasteiger partial charge is 0.303 e. The number of nitrogens with zero attached hydrogens (tertiary/aromatic N) is 2. The molecule has 4 heteroatoms. The molecular weight excluding hydrogens is 226 g/mol. The first kappa shape index (κ1) is 15.2. The number of piperidine rings is 1. The molecule has 1 aliphatic heterocycles. The van der Waals surface area contributed by atoms with Gasteiger partial charge in [0.2, 0.25) is 5.91 Å². The van der Waals surface area contributed by atoms with Crippen LogP contribution in [0.3, 0.4) is 0 Å². The molecule has 18 heavy (non-hydrogen) atoms. The number of carbonyl (C=O) groups excluding carboxylic acids is 1. The van der Waals surface area contributed by atoms with E-state index in [1.807, 2.05) is 0 Å². The highest BCUT2D eigenvalue weighted by atomic mass is 16.2. The predicted molar refractivity (Wildman–Crippen MR) is 75.7 cm³/mol. The van der Waals surface area contributed by atoms with E-state index in [-0.39, 0.29) is 5.91 Å². The predicted octanol–water partition coefficient (Wildman–Crippen LogP) is 2.54. The second-order valence-corrected chi connectivity index (χ2v) is 5.01. The van der Waals surface area contributed by atoms with Gasteiger partial charge >= 0.3 is 0 Å². The zero-order valence-corrected chi connectivity index (χ0v) is 11.9. The first-order chi connectivity index (χ1) is 8.76. The Balaban J connectivity index is 2.17. The van der Waals surface area contributed by atoms with Crippen molar-refractivity contribution in [1.29, 1.82) is 0 Å². The summed E-state index contributed by atoms with van der Waals surface area (Å²) >= 11 is 0. The van der Waals surface area contributed by atoms with Gasteiger partial charge in [0.25, 0.3) is 0 Å². The second-order valence-electron chi connectivity index (χ2n) is 5.01. The van der Waals surface area contributed by atoms with Crippen LogP contribution < -0.4 is 5.43 Å². The van der Waals surface area contributed by atoms with E-state index >= 15 is 0 Å². The zero-order chi connectivity index (χ0) is 13.2. The Hall–Kier alpha value is -0.900.